The fraction of sp³-hybridized carbons (Fsp3) is 0.562. The van der Waals surface area contributed by atoms with Crippen LogP contribution in [0.5, 0.6) is 0 Å². The topological polar surface area (TPSA) is 67.7 Å². The van der Waals surface area contributed by atoms with E-state index < -0.39 is 0 Å². The second-order valence-corrected chi connectivity index (χ2v) is 6.24. The minimum absolute atomic E-state index is 0.462. The van der Waals surface area contributed by atoms with Crippen molar-refractivity contribution in [2.45, 2.75) is 45.7 Å². The molecule has 2 unspecified atom stereocenters. The fourth-order valence-corrected chi connectivity index (χ4v) is 2.98. The van der Waals surface area contributed by atoms with Crippen molar-refractivity contribution in [2.24, 2.45) is 7.05 Å². The van der Waals surface area contributed by atoms with Crippen LogP contribution in [0, 0.1) is 13.8 Å². The first-order chi connectivity index (χ1) is 10.5. The Morgan fingerprint density at radius 2 is 2.09 bits per heavy atom. The summed E-state index contributed by atoms with van der Waals surface area (Å²) < 4.78 is 1.79. The molecule has 2 atom stereocenters. The summed E-state index contributed by atoms with van der Waals surface area (Å²) in [4.78, 5) is 0. The highest BCUT2D eigenvalue weighted by molar-refractivity contribution is 5.63. The van der Waals surface area contributed by atoms with E-state index in [2.05, 4.69) is 46.7 Å². The first-order valence-corrected chi connectivity index (χ1v) is 7.88. The molecule has 2 aromatic heterocycles. The molecule has 6 nitrogen and oxygen atoms in total. The first-order valence-electron chi connectivity index (χ1n) is 7.88. The van der Waals surface area contributed by atoms with Gasteiger partial charge in [0.25, 0.3) is 0 Å². The molecule has 0 amide bonds. The number of piperidine rings is 1. The third-order valence-electron chi connectivity index (χ3n) is 4.44. The summed E-state index contributed by atoms with van der Waals surface area (Å²) >= 11 is 0. The van der Waals surface area contributed by atoms with Crippen LogP contribution in [-0.4, -0.2) is 38.6 Å². The molecular weight excluding hydrogens is 276 g/mol. The molecule has 2 N–H and O–H groups in total. The lowest BCUT2D eigenvalue weighted by molar-refractivity contribution is 0.395. The van der Waals surface area contributed by atoms with Crippen LogP contribution in [0.25, 0.3) is 11.4 Å². The summed E-state index contributed by atoms with van der Waals surface area (Å²) in [6.07, 6.45) is 4.16. The normalized spacial score (nSPS) is 21.8. The Morgan fingerprint density at radius 3 is 2.77 bits per heavy atom. The minimum atomic E-state index is 0.462. The monoisotopic (exact) mass is 300 g/mol. The lowest BCUT2D eigenvalue weighted by atomic mass is 10.00. The maximum Gasteiger partial charge on any atom is 0.152 e. The molecule has 3 heterocycles. The van der Waals surface area contributed by atoms with Gasteiger partial charge < -0.3 is 10.6 Å². The molecule has 22 heavy (non-hydrogen) atoms. The molecule has 0 aromatic carbocycles. The van der Waals surface area contributed by atoms with Crippen LogP contribution in [0.15, 0.2) is 12.3 Å². The number of aryl methyl sites for hydroxylation is 1. The average Bonchev–Trinajstić information content (AvgIpc) is 2.90. The zero-order valence-electron chi connectivity index (χ0n) is 13.7. The van der Waals surface area contributed by atoms with Crippen molar-refractivity contribution in [1.82, 2.24) is 25.3 Å². The van der Waals surface area contributed by atoms with Gasteiger partial charge in [0.05, 0.1) is 0 Å². The van der Waals surface area contributed by atoms with Crippen molar-refractivity contribution < 1.29 is 0 Å². The molecule has 3 rings (SSSR count). The fourth-order valence-electron chi connectivity index (χ4n) is 2.98. The van der Waals surface area contributed by atoms with E-state index in [1.807, 2.05) is 19.3 Å². The van der Waals surface area contributed by atoms with Crippen LogP contribution in [0.4, 0.5) is 5.82 Å². The summed E-state index contributed by atoms with van der Waals surface area (Å²) in [7, 11) is 1.91. The Labute approximate surface area is 131 Å². The van der Waals surface area contributed by atoms with Gasteiger partial charge in [0.1, 0.15) is 11.4 Å². The van der Waals surface area contributed by atoms with Gasteiger partial charge in [-0.15, -0.1) is 10.2 Å². The zero-order valence-corrected chi connectivity index (χ0v) is 13.7. The van der Waals surface area contributed by atoms with Gasteiger partial charge in [0, 0.05) is 25.3 Å². The Balaban J connectivity index is 1.83. The highest BCUT2D eigenvalue weighted by atomic mass is 15.3. The smallest absolute Gasteiger partial charge is 0.152 e. The molecule has 0 saturated carbocycles. The Kier molecular flexibility index (Phi) is 4.11. The van der Waals surface area contributed by atoms with Gasteiger partial charge in [-0.25, -0.2) is 0 Å². The number of hydrogen-bond acceptors (Lipinski definition) is 5. The third-order valence-corrected chi connectivity index (χ3v) is 4.44. The molecule has 0 radical (unpaired) electrons. The number of nitrogens with one attached hydrogen (secondary N) is 2. The average molecular weight is 300 g/mol. The molecule has 1 fully saturated rings. The van der Waals surface area contributed by atoms with E-state index >= 15 is 0 Å². The summed E-state index contributed by atoms with van der Waals surface area (Å²) in [6.45, 7) is 7.46. The molecule has 6 heteroatoms. The minimum Gasteiger partial charge on any atom is -0.366 e. The van der Waals surface area contributed by atoms with Crippen LogP contribution in [-0.2, 0) is 7.05 Å². The van der Waals surface area contributed by atoms with E-state index in [4.69, 9.17) is 0 Å². The SMILES string of the molecule is Cc1c(NC2CCNC(C)C2)nnc(-c2ccn(C)n2)c1C. The molecular formula is C16H24N6. The van der Waals surface area contributed by atoms with Crippen LogP contribution in [0.1, 0.15) is 30.9 Å². The van der Waals surface area contributed by atoms with Gasteiger partial charge in [0.2, 0.25) is 0 Å². The van der Waals surface area contributed by atoms with Crippen LogP contribution in [0.3, 0.4) is 0 Å². The second-order valence-electron chi connectivity index (χ2n) is 6.24. The van der Waals surface area contributed by atoms with Crippen molar-refractivity contribution in [3.05, 3.63) is 23.4 Å². The van der Waals surface area contributed by atoms with Gasteiger partial charge >= 0.3 is 0 Å². The molecule has 0 bridgehead atoms. The van der Waals surface area contributed by atoms with Gasteiger partial charge in [-0.1, -0.05) is 0 Å². The number of hydrogen-bond donors (Lipinski definition) is 2. The second kappa shape index (κ2) is 6.04. The molecule has 0 aliphatic carbocycles. The molecule has 118 valence electrons. The molecule has 1 aliphatic rings. The van der Waals surface area contributed by atoms with Crippen LogP contribution in [0.2, 0.25) is 0 Å². The maximum atomic E-state index is 4.42. The lowest BCUT2D eigenvalue weighted by Crippen LogP contribution is -2.41. The number of anilines is 1. The highest BCUT2D eigenvalue weighted by Gasteiger charge is 2.20. The van der Waals surface area contributed by atoms with Crippen LogP contribution < -0.4 is 10.6 Å². The van der Waals surface area contributed by atoms with E-state index in [-0.39, 0.29) is 0 Å². The van der Waals surface area contributed by atoms with E-state index in [0.717, 1.165) is 47.7 Å². The van der Waals surface area contributed by atoms with Gasteiger partial charge in [-0.3, -0.25) is 4.68 Å². The Hall–Kier alpha value is -1.95. The van der Waals surface area contributed by atoms with E-state index in [1.165, 1.54) is 0 Å². The zero-order chi connectivity index (χ0) is 15.7. The maximum absolute atomic E-state index is 4.42. The molecule has 1 saturated heterocycles. The Bertz CT molecular complexity index is 663. The van der Waals surface area contributed by atoms with Crippen molar-refractivity contribution in [3.8, 4) is 11.4 Å². The van der Waals surface area contributed by atoms with E-state index in [9.17, 15) is 0 Å². The predicted molar refractivity (Wildman–Crippen MR) is 87.8 cm³/mol. The van der Waals surface area contributed by atoms with Crippen molar-refractivity contribution in [2.75, 3.05) is 11.9 Å². The number of aromatic nitrogens is 4. The van der Waals surface area contributed by atoms with Crippen molar-refractivity contribution >= 4 is 5.82 Å². The highest BCUT2D eigenvalue weighted by Crippen LogP contribution is 2.25. The van der Waals surface area contributed by atoms with Gasteiger partial charge in [-0.05, 0) is 57.4 Å². The molecule has 2 aromatic rings. The quantitative estimate of drug-likeness (QED) is 0.908. The van der Waals surface area contributed by atoms with Crippen LogP contribution >= 0.6 is 0 Å². The number of rotatable bonds is 3. The lowest BCUT2D eigenvalue weighted by Gasteiger charge is -2.29. The van der Waals surface area contributed by atoms with Crippen molar-refractivity contribution in [3.63, 3.8) is 0 Å². The summed E-state index contributed by atoms with van der Waals surface area (Å²) in [5, 5.41) is 20.3. The standard InChI is InChI=1S/C16H24N6/c1-10-9-13(5-7-17-10)18-16-12(3)11(2)15(19-20-16)14-6-8-22(4)21-14/h6,8,10,13,17H,5,7,9H2,1-4H3,(H,18,20). The Morgan fingerprint density at radius 1 is 1.27 bits per heavy atom. The largest absolute Gasteiger partial charge is 0.366 e. The summed E-state index contributed by atoms with van der Waals surface area (Å²) in [6, 6.07) is 2.98. The van der Waals surface area contributed by atoms with E-state index in [0.29, 0.717) is 12.1 Å². The van der Waals surface area contributed by atoms with E-state index in [1.54, 1.807) is 4.68 Å². The summed E-state index contributed by atoms with van der Waals surface area (Å²) in [5.74, 6) is 0.899. The number of nitrogens with zero attached hydrogens (tertiary/aromatic N) is 4. The summed E-state index contributed by atoms with van der Waals surface area (Å²) in [5.41, 5.74) is 4.03. The molecule has 0 spiro atoms. The first kappa shape index (κ1) is 15.0. The van der Waals surface area contributed by atoms with Gasteiger partial charge in [0.15, 0.2) is 5.82 Å². The predicted octanol–water partition coefficient (Wildman–Crippen LogP) is 2.05. The third kappa shape index (κ3) is 2.97. The van der Waals surface area contributed by atoms with Gasteiger partial charge in [-0.2, -0.15) is 5.10 Å². The van der Waals surface area contributed by atoms with Crippen molar-refractivity contribution in [1.29, 1.82) is 0 Å². The molecule has 1 aliphatic heterocycles.